The highest BCUT2D eigenvalue weighted by atomic mass is 32.1. The van der Waals surface area contributed by atoms with Gasteiger partial charge in [0.1, 0.15) is 0 Å². The first-order valence-electron chi connectivity index (χ1n) is 8.49. The van der Waals surface area contributed by atoms with Crippen molar-refractivity contribution in [3.8, 4) is 0 Å². The van der Waals surface area contributed by atoms with E-state index in [1.54, 1.807) is 12.1 Å². The normalized spacial score (nSPS) is 11.4. The van der Waals surface area contributed by atoms with Gasteiger partial charge < -0.3 is 15.4 Å². The number of hydrogen-bond acceptors (Lipinski definition) is 3. The molecule has 0 heterocycles. The largest absolute Gasteiger partial charge is 0.462 e. The standard InChI is InChI=1S/C20H24N2O2S/c1-3-4-14-24-19(23)17-10-12-18(13-11-17)22-20(25)21-15(2)16-8-6-5-7-9-16/h5-13,15H,3-4,14H2,1-2H3,(H2,21,22,25). The molecule has 0 saturated carbocycles. The van der Waals surface area contributed by atoms with E-state index in [-0.39, 0.29) is 12.0 Å². The molecule has 2 N–H and O–H groups in total. The topological polar surface area (TPSA) is 50.4 Å². The maximum atomic E-state index is 11.9. The van der Waals surface area contributed by atoms with Gasteiger partial charge in [-0.15, -0.1) is 0 Å². The van der Waals surface area contributed by atoms with E-state index in [4.69, 9.17) is 17.0 Å². The quantitative estimate of drug-likeness (QED) is 0.428. The van der Waals surface area contributed by atoms with Crippen molar-refractivity contribution in [1.82, 2.24) is 5.32 Å². The molecule has 0 fully saturated rings. The summed E-state index contributed by atoms with van der Waals surface area (Å²) in [5, 5.41) is 6.91. The zero-order valence-corrected chi connectivity index (χ0v) is 15.4. The van der Waals surface area contributed by atoms with Gasteiger partial charge in [0.15, 0.2) is 5.11 Å². The van der Waals surface area contributed by atoms with Crippen molar-refractivity contribution in [3.05, 3.63) is 65.7 Å². The predicted molar refractivity (Wildman–Crippen MR) is 106 cm³/mol. The Morgan fingerprint density at radius 1 is 1.12 bits per heavy atom. The summed E-state index contributed by atoms with van der Waals surface area (Å²) in [5.41, 5.74) is 2.53. The highest BCUT2D eigenvalue weighted by Crippen LogP contribution is 2.13. The molecule has 2 aromatic carbocycles. The van der Waals surface area contributed by atoms with Crippen molar-refractivity contribution in [2.24, 2.45) is 0 Å². The van der Waals surface area contributed by atoms with Crippen molar-refractivity contribution in [2.45, 2.75) is 32.7 Å². The van der Waals surface area contributed by atoms with E-state index in [9.17, 15) is 4.79 Å². The van der Waals surface area contributed by atoms with Crippen LogP contribution in [-0.2, 0) is 4.74 Å². The monoisotopic (exact) mass is 356 g/mol. The van der Waals surface area contributed by atoms with Crippen LogP contribution in [0.5, 0.6) is 0 Å². The molecule has 0 saturated heterocycles. The molecule has 2 rings (SSSR count). The predicted octanol–water partition coefficient (Wildman–Crippen LogP) is 4.69. The summed E-state index contributed by atoms with van der Waals surface area (Å²) in [4.78, 5) is 11.9. The minimum atomic E-state index is -0.293. The molecule has 1 atom stereocenters. The van der Waals surface area contributed by atoms with Gasteiger partial charge in [-0.1, -0.05) is 43.7 Å². The molecule has 1 unspecified atom stereocenters. The van der Waals surface area contributed by atoms with E-state index >= 15 is 0 Å². The molecular formula is C20H24N2O2S. The summed E-state index contributed by atoms with van der Waals surface area (Å²) in [5.74, 6) is -0.293. The molecule has 0 amide bonds. The zero-order valence-electron chi connectivity index (χ0n) is 14.6. The minimum Gasteiger partial charge on any atom is -0.462 e. The number of rotatable bonds is 7. The van der Waals surface area contributed by atoms with Crippen molar-refractivity contribution in [1.29, 1.82) is 0 Å². The third-order valence-electron chi connectivity index (χ3n) is 3.76. The van der Waals surface area contributed by atoms with Crippen molar-refractivity contribution in [2.75, 3.05) is 11.9 Å². The summed E-state index contributed by atoms with van der Waals surface area (Å²) in [6, 6.07) is 17.3. The van der Waals surface area contributed by atoms with Gasteiger partial charge in [0.25, 0.3) is 0 Å². The van der Waals surface area contributed by atoms with Crippen LogP contribution in [0.1, 0.15) is 48.7 Å². The van der Waals surface area contributed by atoms with Crippen LogP contribution in [-0.4, -0.2) is 17.7 Å². The minimum absolute atomic E-state index is 0.106. The Morgan fingerprint density at radius 3 is 2.44 bits per heavy atom. The van der Waals surface area contributed by atoms with Crippen molar-refractivity contribution < 1.29 is 9.53 Å². The number of carbonyl (C=O) groups is 1. The summed E-state index contributed by atoms with van der Waals surface area (Å²) in [7, 11) is 0. The molecule has 0 aliphatic carbocycles. The number of unbranched alkanes of at least 4 members (excludes halogenated alkanes) is 1. The van der Waals surface area contributed by atoms with Crippen LogP contribution in [0.15, 0.2) is 54.6 Å². The fraction of sp³-hybridized carbons (Fsp3) is 0.300. The molecule has 0 aromatic heterocycles. The molecule has 25 heavy (non-hydrogen) atoms. The van der Waals surface area contributed by atoms with Crippen LogP contribution >= 0.6 is 12.2 Å². The van der Waals surface area contributed by atoms with Crippen LogP contribution in [0.25, 0.3) is 0 Å². The molecule has 0 radical (unpaired) electrons. The van der Waals surface area contributed by atoms with Gasteiger partial charge in [-0.05, 0) is 55.4 Å². The molecule has 0 aliphatic rings. The number of thiocarbonyl (C=S) groups is 1. The number of ether oxygens (including phenoxy) is 1. The lowest BCUT2D eigenvalue weighted by atomic mass is 10.1. The van der Waals surface area contributed by atoms with E-state index in [1.165, 1.54) is 0 Å². The van der Waals surface area contributed by atoms with E-state index < -0.39 is 0 Å². The van der Waals surface area contributed by atoms with Crippen LogP contribution in [0.2, 0.25) is 0 Å². The molecule has 5 heteroatoms. The molecule has 4 nitrogen and oxygen atoms in total. The third kappa shape index (κ3) is 6.19. The van der Waals surface area contributed by atoms with Gasteiger partial charge in [-0.25, -0.2) is 4.79 Å². The van der Waals surface area contributed by atoms with Gasteiger partial charge in [-0.3, -0.25) is 0 Å². The Bertz CT molecular complexity index is 687. The first-order valence-corrected chi connectivity index (χ1v) is 8.90. The van der Waals surface area contributed by atoms with Gasteiger partial charge in [0.2, 0.25) is 0 Å². The Balaban J connectivity index is 1.86. The molecule has 0 spiro atoms. The van der Waals surface area contributed by atoms with E-state index in [0.717, 1.165) is 24.1 Å². The van der Waals surface area contributed by atoms with Gasteiger partial charge >= 0.3 is 5.97 Å². The van der Waals surface area contributed by atoms with Gasteiger partial charge in [0.05, 0.1) is 18.2 Å². The SMILES string of the molecule is CCCCOC(=O)c1ccc(NC(=S)NC(C)c2ccccc2)cc1. The second-order valence-electron chi connectivity index (χ2n) is 5.80. The maximum absolute atomic E-state index is 11.9. The smallest absolute Gasteiger partial charge is 0.338 e. The first kappa shape index (κ1) is 18.9. The molecule has 2 aromatic rings. The molecule has 132 valence electrons. The van der Waals surface area contributed by atoms with Gasteiger partial charge in [0, 0.05) is 5.69 Å². The lowest BCUT2D eigenvalue weighted by Gasteiger charge is -2.17. The summed E-state index contributed by atoms with van der Waals surface area (Å²) in [6.07, 6.45) is 1.88. The summed E-state index contributed by atoms with van der Waals surface area (Å²) in [6.45, 7) is 4.57. The summed E-state index contributed by atoms with van der Waals surface area (Å²) >= 11 is 5.35. The molecule has 0 bridgehead atoms. The van der Waals surface area contributed by atoms with Crippen molar-refractivity contribution >= 4 is 29.0 Å². The lowest BCUT2D eigenvalue weighted by molar-refractivity contribution is 0.0500. The lowest BCUT2D eigenvalue weighted by Crippen LogP contribution is -2.30. The Hall–Kier alpha value is -2.40. The molecule has 0 aliphatic heterocycles. The number of nitrogens with one attached hydrogen (secondary N) is 2. The highest BCUT2D eigenvalue weighted by molar-refractivity contribution is 7.80. The third-order valence-corrected chi connectivity index (χ3v) is 3.98. The van der Waals surface area contributed by atoms with E-state index in [1.807, 2.05) is 30.3 Å². The average Bonchev–Trinajstić information content (AvgIpc) is 2.63. The number of carbonyl (C=O) groups excluding carboxylic acids is 1. The highest BCUT2D eigenvalue weighted by Gasteiger charge is 2.09. The van der Waals surface area contributed by atoms with E-state index in [0.29, 0.717) is 17.3 Å². The Labute approximate surface area is 154 Å². The first-order chi connectivity index (χ1) is 12.1. The van der Waals surface area contributed by atoms with Crippen LogP contribution < -0.4 is 10.6 Å². The van der Waals surface area contributed by atoms with Crippen LogP contribution in [0.4, 0.5) is 5.69 Å². The fourth-order valence-corrected chi connectivity index (χ4v) is 2.57. The van der Waals surface area contributed by atoms with E-state index in [2.05, 4.69) is 36.6 Å². The Morgan fingerprint density at radius 2 is 1.80 bits per heavy atom. The van der Waals surface area contributed by atoms with Crippen LogP contribution in [0.3, 0.4) is 0 Å². The second kappa shape index (κ2) is 9.79. The summed E-state index contributed by atoms with van der Waals surface area (Å²) < 4.78 is 5.19. The maximum Gasteiger partial charge on any atom is 0.338 e. The number of anilines is 1. The zero-order chi connectivity index (χ0) is 18.1. The van der Waals surface area contributed by atoms with Crippen molar-refractivity contribution in [3.63, 3.8) is 0 Å². The number of benzene rings is 2. The fourth-order valence-electron chi connectivity index (χ4n) is 2.27. The number of hydrogen-bond donors (Lipinski definition) is 2. The average molecular weight is 356 g/mol. The second-order valence-corrected chi connectivity index (χ2v) is 6.21. The number of esters is 1. The Kier molecular flexibility index (Phi) is 7.41. The van der Waals surface area contributed by atoms with Crippen LogP contribution in [0, 0.1) is 0 Å². The van der Waals surface area contributed by atoms with Gasteiger partial charge in [-0.2, -0.15) is 0 Å². The molecular weight excluding hydrogens is 332 g/mol.